The highest BCUT2D eigenvalue weighted by Gasteiger charge is 2.09. The lowest BCUT2D eigenvalue weighted by Crippen LogP contribution is -2.26. The highest BCUT2D eigenvalue weighted by Crippen LogP contribution is 2.16. The Bertz CT molecular complexity index is 310. The van der Waals surface area contributed by atoms with Gasteiger partial charge in [-0.2, -0.15) is 0 Å². The topological polar surface area (TPSA) is 12.0 Å². The number of rotatable bonds is 3. The van der Waals surface area contributed by atoms with Crippen LogP contribution in [0.3, 0.4) is 0 Å². The van der Waals surface area contributed by atoms with Crippen molar-refractivity contribution >= 4 is 0 Å². The molecule has 0 saturated heterocycles. The van der Waals surface area contributed by atoms with E-state index >= 15 is 0 Å². The van der Waals surface area contributed by atoms with Crippen molar-refractivity contribution in [2.45, 2.75) is 32.9 Å². The van der Waals surface area contributed by atoms with Gasteiger partial charge in [0, 0.05) is 12.1 Å². The normalized spacial score (nSPS) is 13.3. The maximum atomic E-state index is 12.9. The van der Waals surface area contributed by atoms with Crippen molar-refractivity contribution in [3.8, 4) is 0 Å². The van der Waals surface area contributed by atoms with E-state index < -0.39 is 11.6 Å². The maximum absolute atomic E-state index is 12.9. The van der Waals surface area contributed by atoms with Gasteiger partial charge in [-0.3, -0.25) is 0 Å². The lowest BCUT2D eigenvalue weighted by molar-refractivity contribution is 0.486. The summed E-state index contributed by atoms with van der Waals surface area (Å²) in [4.78, 5) is 0. The second kappa shape index (κ2) is 4.51. The lowest BCUT2D eigenvalue weighted by atomic mass is 10.1. The van der Waals surface area contributed by atoms with E-state index in [9.17, 15) is 8.78 Å². The van der Waals surface area contributed by atoms with E-state index in [2.05, 4.69) is 5.32 Å². The van der Waals surface area contributed by atoms with E-state index in [0.717, 1.165) is 11.6 Å². The molecule has 0 bridgehead atoms. The smallest absolute Gasteiger partial charge is 0.159 e. The van der Waals surface area contributed by atoms with Gasteiger partial charge in [-0.1, -0.05) is 19.9 Å². The Morgan fingerprint density at radius 2 is 1.71 bits per heavy atom. The SMILES string of the molecule is CC(C)N[C@H](C)c1ccc(F)c(F)c1. The Morgan fingerprint density at radius 3 is 2.21 bits per heavy atom. The summed E-state index contributed by atoms with van der Waals surface area (Å²) in [7, 11) is 0. The summed E-state index contributed by atoms with van der Waals surface area (Å²) in [6.45, 7) is 5.94. The molecule has 1 aromatic rings. The minimum Gasteiger partial charge on any atom is -0.308 e. The lowest BCUT2D eigenvalue weighted by Gasteiger charge is -2.17. The van der Waals surface area contributed by atoms with Crippen LogP contribution in [0, 0.1) is 11.6 Å². The van der Waals surface area contributed by atoms with Gasteiger partial charge in [-0.05, 0) is 24.6 Å². The summed E-state index contributed by atoms with van der Waals surface area (Å²) < 4.78 is 25.5. The zero-order valence-electron chi connectivity index (χ0n) is 8.64. The van der Waals surface area contributed by atoms with E-state index in [-0.39, 0.29) is 6.04 Å². The summed E-state index contributed by atoms with van der Waals surface area (Å²) in [5.41, 5.74) is 0.762. The molecule has 1 N–H and O–H groups in total. The molecule has 1 atom stereocenters. The van der Waals surface area contributed by atoms with Gasteiger partial charge < -0.3 is 5.32 Å². The molecule has 0 unspecified atom stereocenters. The quantitative estimate of drug-likeness (QED) is 0.789. The van der Waals surface area contributed by atoms with Gasteiger partial charge in [0.2, 0.25) is 0 Å². The Hall–Kier alpha value is -0.960. The molecule has 0 aliphatic carbocycles. The first-order chi connectivity index (χ1) is 6.50. The molecule has 0 saturated carbocycles. The molecule has 78 valence electrons. The summed E-state index contributed by atoms with van der Waals surface area (Å²) in [5, 5.41) is 3.22. The molecule has 0 spiro atoms. The van der Waals surface area contributed by atoms with Crippen molar-refractivity contribution in [1.29, 1.82) is 0 Å². The van der Waals surface area contributed by atoms with E-state index in [1.54, 1.807) is 6.07 Å². The van der Waals surface area contributed by atoms with Crippen molar-refractivity contribution < 1.29 is 8.78 Å². The van der Waals surface area contributed by atoms with Gasteiger partial charge in [-0.15, -0.1) is 0 Å². The third kappa shape index (κ3) is 2.77. The predicted octanol–water partition coefficient (Wildman–Crippen LogP) is 3.02. The number of hydrogen-bond donors (Lipinski definition) is 1. The molecule has 14 heavy (non-hydrogen) atoms. The van der Waals surface area contributed by atoms with Crippen molar-refractivity contribution in [3.05, 3.63) is 35.4 Å². The number of halogens is 2. The van der Waals surface area contributed by atoms with E-state index in [1.807, 2.05) is 20.8 Å². The minimum absolute atomic E-state index is 0.0325. The number of nitrogens with one attached hydrogen (secondary N) is 1. The van der Waals surface area contributed by atoms with Crippen LogP contribution in [0.25, 0.3) is 0 Å². The predicted molar refractivity (Wildman–Crippen MR) is 53.0 cm³/mol. The van der Waals surface area contributed by atoms with Crippen molar-refractivity contribution in [3.63, 3.8) is 0 Å². The minimum atomic E-state index is -0.800. The summed E-state index contributed by atoms with van der Waals surface area (Å²) >= 11 is 0. The second-order valence-electron chi connectivity index (χ2n) is 3.72. The van der Waals surface area contributed by atoms with Crippen molar-refractivity contribution in [2.75, 3.05) is 0 Å². The van der Waals surface area contributed by atoms with Crippen LogP contribution in [-0.4, -0.2) is 6.04 Å². The van der Waals surface area contributed by atoms with Gasteiger partial charge in [-0.25, -0.2) is 8.78 Å². The molecule has 3 heteroatoms. The number of benzene rings is 1. The first kappa shape index (κ1) is 11.1. The summed E-state index contributed by atoms with van der Waals surface area (Å²) in [5.74, 6) is -1.59. The van der Waals surface area contributed by atoms with Gasteiger partial charge >= 0.3 is 0 Å². The standard InChI is InChI=1S/C11H15F2N/c1-7(2)14-8(3)9-4-5-10(12)11(13)6-9/h4-8,14H,1-3H3/t8-/m1/s1. The fourth-order valence-corrected chi connectivity index (χ4v) is 1.38. The molecular weight excluding hydrogens is 184 g/mol. The Morgan fingerprint density at radius 1 is 1.07 bits per heavy atom. The third-order valence-corrected chi connectivity index (χ3v) is 2.03. The van der Waals surface area contributed by atoms with Gasteiger partial charge in [0.15, 0.2) is 11.6 Å². The molecule has 0 radical (unpaired) electrons. The van der Waals surface area contributed by atoms with Crippen LogP contribution >= 0.6 is 0 Å². The first-order valence-electron chi connectivity index (χ1n) is 4.71. The van der Waals surface area contributed by atoms with E-state index in [0.29, 0.717) is 6.04 Å². The van der Waals surface area contributed by atoms with E-state index in [1.165, 1.54) is 6.07 Å². The highest BCUT2D eigenvalue weighted by atomic mass is 19.2. The Labute approximate surface area is 83.1 Å². The Balaban J connectivity index is 2.80. The molecule has 1 rings (SSSR count). The Kier molecular flexibility index (Phi) is 3.58. The molecule has 0 aliphatic rings. The van der Waals surface area contributed by atoms with Gasteiger partial charge in [0.05, 0.1) is 0 Å². The molecule has 0 aliphatic heterocycles. The van der Waals surface area contributed by atoms with Crippen LogP contribution in [0.15, 0.2) is 18.2 Å². The monoisotopic (exact) mass is 199 g/mol. The van der Waals surface area contributed by atoms with Crippen LogP contribution in [0.5, 0.6) is 0 Å². The van der Waals surface area contributed by atoms with Gasteiger partial charge in [0.1, 0.15) is 0 Å². The first-order valence-corrected chi connectivity index (χ1v) is 4.71. The molecule has 1 aromatic carbocycles. The van der Waals surface area contributed by atoms with E-state index in [4.69, 9.17) is 0 Å². The van der Waals surface area contributed by atoms with Crippen molar-refractivity contribution in [1.82, 2.24) is 5.32 Å². The molecule has 1 nitrogen and oxygen atoms in total. The molecule has 0 heterocycles. The van der Waals surface area contributed by atoms with Crippen LogP contribution in [0.4, 0.5) is 8.78 Å². The zero-order valence-corrected chi connectivity index (χ0v) is 8.64. The van der Waals surface area contributed by atoms with Crippen LogP contribution in [-0.2, 0) is 0 Å². The van der Waals surface area contributed by atoms with Crippen LogP contribution in [0.1, 0.15) is 32.4 Å². The largest absolute Gasteiger partial charge is 0.308 e. The number of hydrogen-bond acceptors (Lipinski definition) is 1. The third-order valence-electron chi connectivity index (χ3n) is 2.03. The van der Waals surface area contributed by atoms with Crippen molar-refractivity contribution in [2.24, 2.45) is 0 Å². The van der Waals surface area contributed by atoms with Crippen LogP contribution in [0.2, 0.25) is 0 Å². The molecular formula is C11H15F2N. The second-order valence-corrected chi connectivity index (χ2v) is 3.72. The molecule has 0 fully saturated rings. The fraction of sp³-hybridized carbons (Fsp3) is 0.455. The summed E-state index contributed by atoms with van der Waals surface area (Å²) in [6, 6.07) is 4.33. The van der Waals surface area contributed by atoms with Gasteiger partial charge in [0.25, 0.3) is 0 Å². The molecule has 0 aromatic heterocycles. The van der Waals surface area contributed by atoms with Crippen LogP contribution < -0.4 is 5.32 Å². The fourth-order valence-electron chi connectivity index (χ4n) is 1.38. The average Bonchev–Trinajstić information content (AvgIpc) is 2.08. The summed E-state index contributed by atoms with van der Waals surface area (Å²) in [6.07, 6.45) is 0. The zero-order chi connectivity index (χ0) is 10.7. The average molecular weight is 199 g/mol. The highest BCUT2D eigenvalue weighted by molar-refractivity contribution is 5.20. The maximum Gasteiger partial charge on any atom is 0.159 e. The molecule has 0 amide bonds.